The second-order valence-corrected chi connectivity index (χ2v) is 7.45. The number of methoxy groups -OCH3 is 1. The standard InChI is InChI=1S/C22H30N2O3/c1-14(2)17-8-9-19(18(12-17)15(3)4)23-22(26)24(5)13-16-7-10-20(25)21(11-16)27-6/h7-12,14-15,25H,13H2,1-6H3,(H,23,26). The molecular weight excluding hydrogens is 340 g/mol. The highest BCUT2D eigenvalue weighted by atomic mass is 16.5. The van der Waals surface area contributed by atoms with E-state index >= 15 is 0 Å². The van der Waals surface area contributed by atoms with Crippen LogP contribution in [0, 0.1) is 0 Å². The van der Waals surface area contributed by atoms with Gasteiger partial charge in [-0.2, -0.15) is 0 Å². The van der Waals surface area contributed by atoms with Gasteiger partial charge in [0.1, 0.15) is 0 Å². The third-order valence-corrected chi connectivity index (χ3v) is 4.62. The fourth-order valence-electron chi connectivity index (χ4n) is 2.91. The van der Waals surface area contributed by atoms with Gasteiger partial charge in [0, 0.05) is 19.3 Å². The van der Waals surface area contributed by atoms with Crippen molar-refractivity contribution in [3.8, 4) is 11.5 Å². The average molecular weight is 370 g/mol. The van der Waals surface area contributed by atoms with Crippen molar-refractivity contribution >= 4 is 11.7 Å². The lowest BCUT2D eigenvalue weighted by Gasteiger charge is -2.21. The van der Waals surface area contributed by atoms with Gasteiger partial charge in [-0.25, -0.2) is 4.79 Å². The molecule has 0 aromatic heterocycles. The van der Waals surface area contributed by atoms with Crippen molar-refractivity contribution in [1.82, 2.24) is 4.90 Å². The molecule has 0 heterocycles. The first-order valence-corrected chi connectivity index (χ1v) is 9.24. The van der Waals surface area contributed by atoms with Gasteiger partial charge in [0.05, 0.1) is 7.11 Å². The Hall–Kier alpha value is -2.69. The van der Waals surface area contributed by atoms with Crippen LogP contribution < -0.4 is 10.1 Å². The summed E-state index contributed by atoms with van der Waals surface area (Å²) < 4.78 is 5.13. The average Bonchev–Trinajstić information content (AvgIpc) is 2.63. The number of amides is 2. The van der Waals surface area contributed by atoms with Gasteiger partial charge in [-0.3, -0.25) is 0 Å². The Balaban J connectivity index is 2.14. The molecular formula is C22H30N2O3. The number of hydrogen-bond donors (Lipinski definition) is 2. The highest BCUT2D eigenvalue weighted by Crippen LogP contribution is 2.29. The van der Waals surface area contributed by atoms with Crippen LogP contribution in [-0.4, -0.2) is 30.2 Å². The van der Waals surface area contributed by atoms with Crippen molar-refractivity contribution in [2.24, 2.45) is 0 Å². The maximum atomic E-state index is 12.7. The van der Waals surface area contributed by atoms with Crippen molar-refractivity contribution in [2.45, 2.75) is 46.1 Å². The Kier molecular flexibility index (Phi) is 6.72. The molecule has 27 heavy (non-hydrogen) atoms. The van der Waals surface area contributed by atoms with Crippen LogP contribution in [0.5, 0.6) is 11.5 Å². The van der Waals surface area contributed by atoms with E-state index in [9.17, 15) is 9.90 Å². The fourth-order valence-corrected chi connectivity index (χ4v) is 2.91. The van der Waals surface area contributed by atoms with E-state index in [0.717, 1.165) is 16.8 Å². The summed E-state index contributed by atoms with van der Waals surface area (Å²) in [5.41, 5.74) is 4.12. The quantitative estimate of drug-likeness (QED) is 0.724. The number of hydrogen-bond acceptors (Lipinski definition) is 3. The molecule has 146 valence electrons. The number of phenolic OH excluding ortho intramolecular Hbond substituents is 1. The van der Waals surface area contributed by atoms with E-state index in [0.29, 0.717) is 24.1 Å². The third kappa shape index (κ3) is 5.16. The molecule has 0 aliphatic carbocycles. The van der Waals surface area contributed by atoms with Gasteiger partial charge >= 0.3 is 6.03 Å². The highest BCUT2D eigenvalue weighted by Gasteiger charge is 2.15. The molecule has 0 saturated heterocycles. The maximum absolute atomic E-state index is 12.7. The van der Waals surface area contributed by atoms with Gasteiger partial charge in [0.2, 0.25) is 0 Å². The van der Waals surface area contributed by atoms with Crippen molar-refractivity contribution in [1.29, 1.82) is 0 Å². The predicted molar refractivity (Wildman–Crippen MR) is 110 cm³/mol. The summed E-state index contributed by atoms with van der Waals surface area (Å²) in [7, 11) is 3.25. The Morgan fingerprint density at radius 1 is 1.11 bits per heavy atom. The maximum Gasteiger partial charge on any atom is 0.321 e. The Labute approximate surface area is 162 Å². The number of nitrogens with zero attached hydrogens (tertiary/aromatic N) is 1. The summed E-state index contributed by atoms with van der Waals surface area (Å²) >= 11 is 0. The first-order chi connectivity index (χ1) is 12.7. The number of carbonyl (C=O) groups excluding carboxylic acids is 1. The Morgan fingerprint density at radius 3 is 2.41 bits per heavy atom. The van der Waals surface area contributed by atoms with E-state index in [1.807, 2.05) is 6.07 Å². The molecule has 5 heteroatoms. The largest absolute Gasteiger partial charge is 0.504 e. The molecule has 0 saturated carbocycles. The minimum atomic E-state index is -0.179. The fraction of sp³-hybridized carbons (Fsp3) is 0.409. The van der Waals surface area contributed by atoms with Crippen LogP contribution >= 0.6 is 0 Å². The Bertz CT molecular complexity index is 800. The van der Waals surface area contributed by atoms with Gasteiger partial charge in [-0.05, 0) is 46.7 Å². The van der Waals surface area contributed by atoms with Crippen LogP contribution in [0.2, 0.25) is 0 Å². The molecule has 2 amide bonds. The lowest BCUT2D eigenvalue weighted by Crippen LogP contribution is -2.31. The summed E-state index contributed by atoms with van der Waals surface area (Å²) in [6.07, 6.45) is 0. The second kappa shape index (κ2) is 8.80. The van der Waals surface area contributed by atoms with E-state index in [4.69, 9.17) is 4.74 Å². The molecule has 0 unspecified atom stereocenters. The van der Waals surface area contributed by atoms with Gasteiger partial charge in [-0.15, -0.1) is 0 Å². The molecule has 2 rings (SSSR count). The molecule has 2 aromatic carbocycles. The summed E-state index contributed by atoms with van der Waals surface area (Å²) in [4.78, 5) is 14.3. The number of anilines is 1. The lowest BCUT2D eigenvalue weighted by molar-refractivity contribution is 0.220. The predicted octanol–water partition coefficient (Wildman–Crippen LogP) is 5.31. The molecule has 2 aromatic rings. The van der Waals surface area contributed by atoms with Crippen LogP contribution in [-0.2, 0) is 6.54 Å². The van der Waals surface area contributed by atoms with Crippen molar-refractivity contribution in [3.05, 3.63) is 53.1 Å². The second-order valence-electron chi connectivity index (χ2n) is 7.45. The number of benzene rings is 2. The van der Waals surface area contributed by atoms with E-state index in [1.54, 1.807) is 30.1 Å². The van der Waals surface area contributed by atoms with Crippen molar-refractivity contribution in [2.75, 3.05) is 19.5 Å². The zero-order chi connectivity index (χ0) is 20.1. The zero-order valence-corrected chi connectivity index (χ0v) is 17.0. The number of rotatable bonds is 6. The lowest BCUT2D eigenvalue weighted by atomic mass is 9.94. The van der Waals surface area contributed by atoms with Crippen molar-refractivity contribution in [3.63, 3.8) is 0 Å². The van der Waals surface area contributed by atoms with Crippen LogP contribution in [0.25, 0.3) is 0 Å². The van der Waals surface area contributed by atoms with Crippen LogP contribution in [0.15, 0.2) is 36.4 Å². The molecule has 5 nitrogen and oxygen atoms in total. The summed E-state index contributed by atoms with van der Waals surface area (Å²) in [6, 6.07) is 11.1. The summed E-state index contributed by atoms with van der Waals surface area (Å²) in [5.74, 6) is 1.23. The van der Waals surface area contributed by atoms with Gasteiger partial charge in [0.25, 0.3) is 0 Å². The van der Waals surface area contributed by atoms with Crippen LogP contribution in [0.1, 0.15) is 56.2 Å². The molecule has 0 spiro atoms. The molecule has 0 aliphatic heterocycles. The van der Waals surface area contributed by atoms with E-state index in [1.165, 1.54) is 12.7 Å². The smallest absolute Gasteiger partial charge is 0.321 e. The first-order valence-electron chi connectivity index (χ1n) is 9.24. The molecule has 2 N–H and O–H groups in total. The van der Waals surface area contributed by atoms with Gasteiger partial charge in [0.15, 0.2) is 11.5 Å². The monoisotopic (exact) mass is 370 g/mol. The first kappa shape index (κ1) is 20.6. The summed E-state index contributed by atoms with van der Waals surface area (Å²) in [6.45, 7) is 8.99. The normalized spacial score (nSPS) is 11.0. The minimum Gasteiger partial charge on any atom is -0.504 e. The van der Waals surface area contributed by atoms with E-state index in [-0.39, 0.29) is 11.8 Å². The highest BCUT2D eigenvalue weighted by molar-refractivity contribution is 5.90. The molecule has 0 radical (unpaired) electrons. The van der Waals surface area contributed by atoms with Crippen LogP contribution in [0.4, 0.5) is 10.5 Å². The SMILES string of the molecule is COc1cc(CN(C)C(=O)Nc2ccc(C(C)C)cc2C(C)C)ccc1O. The topological polar surface area (TPSA) is 61.8 Å². The van der Waals surface area contributed by atoms with E-state index in [2.05, 4.69) is 45.1 Å². The Morgan fingerprint density at radius 2 is 1.81 bits per heavy atom. The number of aromatic hydroxyl groups is 1. The van der Waals surface area contributed by atoms with Gasteiger partial charge in [-0.1, -0.05) is 45.9 Å². The van der Waals surface area contributed by atoms with Gasteiger partial charge < -0.3 is 20.1 Å². The molecule has 0 fully saturated rings. The summed E-state index contributed by atoms with van der Waals surface area (Å²) in [5, 5.41) is 12.7. The zero-order valence-electron chi connectivity index (χ0n) is 17.0. The number of urea groups is 1. The number of phenols is 1. The molecule has 0 aliphatic rings. The van der Waals surface area contributed by atoms with Crippen LogP contribution in [0.3, 0.4) is 0 Å². The minimum absolute atomic E-state index is 0.0835. The van der Waals surface area contributed by atoms with Crippen molar-refractivity contribution < 1.29 is 14.6 Å². The number of carbonyl (C=O) groups is 1. The molecule has 0 bridgehead atoms. The van der Waals surface area contributed by atoms with E-state index < -0.39 is 0 Å². The number of ether oxygens (including phenoxy) is 1. The number of nitrogens with one attached hydrogen (secondary N) is 1. The third-order valence-electron chi connectivity index (χ3n) is 4.62. The molecule has 0 atom stereocenters.